The minimum Gasteiger partial charge on any atom is -0.450 e. The molecule has 0 saturated carbocycles. The van der Waals surface area contributed by atoms with E-state index in [9.17, 15) is 4.79 Å². The molecule has 0 heterocycles. The molecule has 0 radical (unpaired) electrons. The molecular formula is C7H15NO3. The van der Waals surface area contributed by atoms with Crippen LogP contribution in [0.5, 0.6) is 0 Å². The highest BCUT2D eigenvalue weighted by atomic mass is 16.5. The van der Waals surface area contributed by atoms with Gasteiger partial charge in [-0.25, -0.2) is 4.79 Å². The van der Waals surface area contributed by atoms with Gasteiger partial charge in [0.2, 0.25) is 0 Å². The first-order chi connectivity index (χ1) is 5.16. The van der Waals surface area contributed by atoms with Gasteiger partial charge in [-0.15, -0.1) is 0 Å². The molecule has 11 heavy (non-hydrogen) atoms. The second-order valence-electron chi connectivity index (χ2n) is 2.28. The predicted octanol–water partition coefficient (Wildman–Crippen LogP) is 0.503. The Morgan fingerprint density at radius 3 is 2.82 bits per heavy atom. The van der Waals surface area contributed by atoms with Crippen LogP contribution >= 0.6 is 0 Å². The molecule has 0 aromatic rings. The van der Waals surface area contributed by atoms with E-state index in [1.165, 1.54) is 0 Å². The zero-order valence-corrected chi connectivity index (χ0v) is 6.96. The Labute approximate surface area is 66.5 Å². The smallest absolute Gasteiger partial charge is 0.407 e. The minimum atomic E-state index is -0.423. The lowest BCUT2D eigenvalue weighted by Gasteiger charge is -2.05. The molecule has 0 aliphatic rings. The van der Waals surface area contributed by atoms with Gasteiger partial charge < -0.3 is 15.2 Å². The van der Waals surface area contributed by atoms with E-state index in [2.05, 4.69) is 10.1 Å². The number of hydrogen-bond donors (Lipinski definition) is 2. The molecule has 0 rings (SSSR count). The molecule has 4 heteroatoms. The van der Waals surface area contributed by atoms with Crippen molar-refractivity contribution in [2.24, 2.45) is 0 Å². The van der Waals surface area contributed by atoms with Crippen LogP contribution in [0.4, 0.5) is 4.79 Å². The summed E-state index contributed by atoms with van der Waals surface area (Å²) in [6.07, 6.45) is -0.246. The highest BCUT2D eigenvalue weighted by Gasteiger charge is 1.99. The second-order valence-corrected chi connectivity index (χ2v) is 2.28. The van der Waals surface area contributed by atoms with Crippen molar-refractivity contribution in [1.82, 2.24) is 5.32 Å². The second kappa shape index (κ2) is 5.97. The van der Waals surface area contributed by atoms with Crippen molar-refractivity contribution in [3.05, 3.63) is 0 Å². The van der Waals surface area contributed by atoms with E-state index in [1.807, 2.05) is 0 Å². The summed E-state index contributed by atoms with van der Waals surface area (Å²) in [6, 6.07) is 0. The van der Waals surface area contributed by atoms with Gasteiger partial charge in [0.15, 0.2) is 0 Å². The Balaban J connectivity index is 3.17. The van der Waals surface area contributed by atoms with Gasteiger partial charge in [0.05, 0.1) is 12.7 Å². The third-order valence-corrected chi connectivity index (χ3v) is 1.11. The Bertz CT molecular complexity index is 114. The number of carbonyl (C=O) groups excluding carboxylic acids is 1. The molecule has 0 unspecified atom stereocenters. The number of rotatable bonds is 4. The molecule has 4 nitrogen and oxygen atoms in total. The number of aliphatic hydroxyl groups excluding tert-OH is 1. The highest BCUT2D eigenvalue weighted by Crippen LogP contribution is 1.86. The Morgan fingerprint density at radius 1 is 1.73 bits per heavy atom. The van der Waals surface area contributed by atoms with E-state index in [0.717, 1.165) is 0 Å². The van der Waals surface area contributed by atoms with E-state index in [0.29, 0.717) is 19.6 Å². The van der Waals surface area contributed by atoms with Crippen LogP contribution in [-0.2, 0) is 4.74 Å². The summed E-state index contributed by atoms with van der Waals surface area (Å²) in [7, 11) is 0. The molecule has 0 bridgehead atoms. The molecule has 0 saturated heterocycles. The monoisotopic (exact) mass is 161 g/mol. The van der Waals surface area contributed by atoms with Crippen LogP contribution in [0.1, 0.15) is 20.3 Å². The topological polar surface area (TPSA) is 58.6 Å². The number of ether oxygens (including phenoxy) is 1. The number of alkyl carbamates (subject to hydrolysis) is 1. The minimum absolute atomic E-state index is 0.376. The molecule has 0 spiro atoms. The largest absolute Gasteiger partial charge is 0.450 e. The van der Waals surface area contributed by atoms with E-state index in [-0.39, 0.29) is 6.10 Å². The van der Waals surface area contributed by atoms with Gasteiger partial charge in [0, 0.05) is 6.54 Å². The van der Waals surface area contributed by atoms with Crippen molar-refractivity contribution >= 4 is 6.09 Å². The van der Waals surface area contributed by atoms with Crippen LogP contribution in [-0.4, -0.2) is 30.5 Å². The maximum Gasteiger partial charge on any atom is 0.407 e. The van der Waals surface area contributed by atoms with Crippen LogP contribution in [0, 0.1) is 0 Å². The average Bonchev–Trinajstić information content (AvgIpc) is 1.87. The van der Waals surface area contributed by atoms with Crippen LogP contribution in [0.3, 0.4) is 0 Å². The molecular weight excluding hydrogens is 146 g/mol. The van der Waals surface area contributed by atoms with Crippen LogP contribution in [0.25, 0.3) is 0 Å². The molecule has 0 aliphatic carbocycles. The SMILES string of the molecule is CCOC(=O)NCC[C@@H](C)O. The number of aliphatic hydroxyl groups is 1. The van der Waals surface area contributed by atoms with Gasteiger partial charge in [-0.1, -0.05) is 0 Å². The van der Waals surface area contributed by atoms with Crippen molar-refractivity contribution in [1.29, 1.82) is 0 Å². The van der Waals surface area contributed by atoms with Crippen molar-refractivity contribution in [3.63, 3.8) is 0 Å². The number of nitrogens with one attached hydrogen (secondary N) is 1. The lowest BCUT2D eigenvalue weighted by Crippen LogP contribution is -2.27. The van der Waals surface area contributed by atoms with Gasteiger partial charge in [0.1, 0.15) is 0 Å². The number of amides is 1. The highest BCUT2D eigenvalue weighted by molar-refractivity contribution is 5.66. The number of carbonyl (C=O) groups is 1. The summed E-state index contributed by atoms with van der Waals surface area (Å²) in [4.78, 5) is 10.6. The van der Waals surface area contributed by atoms with E-state index >= 15 is 0 Å². The fourth-order valence-electron chi connectivity index (χ4n) is 0.565. The third-order valence-electron chi connectivity index (χ3n) is 1.11. The Kier molecular flexibility index (Phi) is 5.56. The fraction of sp³-hybridized carbons (Fsp3) is 0.857. The third kappa shape index (κ3) is 7.12. The summed E-state index contributed by atoms with van der Waals surface area (Å²) in [5.74, 6) is 0. The van der Waals surface area contributed by atoms with Gasteiger partial charge >= 0.3 is 6.09 Å². The van der Waals surface area contributed by atoms with Crippen LogP contribution in [0.2, 0.25) is 0 Å². The van der Waals surface area contributed by atoms with Gasteiger partial charge in [-0.3, -0.25) is 0 Å². The van der Waals surface area contributed by atoms with E-state index in [1.54, 1.807) is 13.8 Å². The summed E-state index contributed by atoms with van der Waals surface area (Å²) in [5, 5.41) is 11.3. The standard InChI is InChI=1S/C7H15NO3/c1-3-11-7(10)8-5-4-6(2)9/h6,9H,3-5H2,1-2H3,(H,8,10)/t6-/m1/s1. The number of hydrogen-bond acceptors (Lipinski definition) is 3. The molecule has 2 N–H and O–H groups in total. The summed E-state index contributed by atoms with van der Waals surface area (Å²) < 4.78 is 4.59. The quantitative estimate of drug-likeness (QED) is 0.631. The Hall–Kier alpha value is -0.770. The molecule has 0 fully saturated rings. The zero-order valence-electron chi connectivity index (χ0n) is 6.96. The lowest BCUT2D eigenvalue weighted by molar-refractivity contribution is 0.147. The van der Waals surface area contributed by atoms with E-state index < -0.39 is 6.09 Å². The molecule has 0 aromatic carbocycles. The predicted molar refractivity (Wildman–Crippen MR) is 41.3 cm³/mol. The first-order valence-corrected chi connectivity index (χ1v) is 3.75. The van der Waals surface area contributed by atoms with Crippen LogP contribution < -0.4 is 5.32 Å². The molecule has 1 atom stereocenters. The lowest BCUT2D eigenvalue weighted by atomic mass is 10.3. The fourth-order valence-corrected chi connectivity index (χ4v) is 0.565. The maximum absolute atomic E-state index is 10.6. The van der Waals surface area contributed by atoms with Gasteiger partial charge in [-0.05, 0) is 20.3 Å². The van der Waals surface area contributed by atoms with Gasteiger partial charge in [-0.2, -0.15) is 0 Å². The van der Waals surface area contributed by atoms with Gasteiger partial charge in [0.25, 0.3) is 0 Å². The molecule has 0 aromatic heterocycles. The molecule has 1 amide bonds. The molecule has 0 aliphatic heterocycles. The Morgan fingerprint density at radius 2 is 2.36 bits per heavy atom. The first-order valence-electron chi connectivity index (χ1n) is 3.75. The van der Waals surface area contributed by atoms with Crippen molar-refractivity contribution < 1.29 is 14.6 Å². The van der Waals surface area contributed by atoms with Crippen LogP contribution in [0.15, 0.2) is 0 Å². The zero-order chi connectivity index (χ0) is 8.69. The average molecular weight is 161 g/mol. The normalized spacial score (nSPS) is 12.3. The summed E-state index contributed by atoms with van der Waals surface area (Å²) >= 11 is 0. The summed E-state index contributed by atoms with van der Waals surface area (Å²) in [6.45, 7) is 4.25. The summed E-state index contributed by atoms with van der Waals surface area (Å²) in [5.41, 5.74) is 0. The van der Waals surface area contributed by atoms with Crippen molar-refractivity contribution in [3.8, 4) is 0 Å². The van der Waals surface area contributed by atoms with Crippen molar-refractivity contribution in [2.45, 2.75) is 26.4 Å². The maximum atomic E-state index is 10.6. The van der Waals surface area contributed by atoms with E-state index in [4.69, 9.17) is 5.11 Å². The first kappa shape index (κ1) is 10.2. The molecule has 66 valence electrons. The van der Waals surface area contributed by atoms with Crippen molar-refractivity contribution in [2.75, 3.05) is 13.2 Å².